The van der Waals surface area contributed by atoms with Gasteiger partial charge in [0, 0.05) is 0 Å². The van der Waals surface area contributed by atoms with Crippen LogP contribution < -0.4 is 18.9 Å². The van der Waals surface area contributed by atoms with Gasteiger partial charge in [-0.3, -0.25) is 0 Å². The van der Waals surface area contributed by atoms with Crippen molar-refractivity contribution in [2.45, 2.75) is 24.6 Å². The molecule has 1 fully saturated rings. The van der Waals surface area contributed by atoms with Gasteiger partial charge in [0.25, 0.3) is 0 Å². The second-order valence-electron chi connectivity index (χ2n) is 20.2. The predicted octanol–water partition coefficient (Wildman–Crippen LogP) is 3.87. The first-order valence-electron chi connectivity index (χ1n) is 26.7. The third-order valence-corrected chi connectivity index (χ3v) is 13.5. The van der Waals surface area contributed by atoms with Crippen molar-refractivity contribution >= 4 is 47.8 Å². The van der Waals surface area contributed by atoms with Crippen LogP contribution >= 0.6 is 0 Å². The van der Waals surface area contributed by atoms with Crippen molar-refractivity contribution in [3.63, 3.8) is 0 Å². The fourth-order valence-electron chi connectivity index (χ4n) is 8.66. The SMILES string of the molecule is O=C(OC[C@H]1O[C@H](OC(=O)c2cc(O)c(O)c(OC(=O)c3cc(O)c(O)c(O)c3)c2)[C@H](OC(=O)c2cc(O)c(O)c(OC(=O)c3cc(O)c(O)c(O)c3)c2)[C@@H]1OC(=O)c1cc(O)c(O)c(OC(=O)c2cc(O)c(O)c(O)c2)c1)c1cc(O)c(O)c(OC(=O)c2cc(O)c(O)c(O)c2)c1. The Labute approximate surface area is 540 Å². The maximum absolute atomic E-state index is 14.5. The van der Waals surface area contributed by atoms with Crippen LogP contribution in [0, 0.1) is 0 Å². The number of hydrogen-bond acceptors (Lipinski definition) is 37. The van der Waals surface area contributed by atoms with Gasteiger partial charge >= 0.3 is 47.8 Å². The van der Waals surface area contributed by atoms with Crippen LogP contribution in [-0.2, 0) is 23.7 Å². The van der Waals surface area contributed by atoms with Gasteiger partial charge in [0.1, 0.15) is 12.7 Å². The normalized spacial score (nSPS) is 14.7. The van der Waals surface area contributed by atoms with E-state index in [2.05, 4.69) is 0 Å². The van der Waals surface area contributed by atoms with Crippen molar-refractivity contribution in [2.24, 2.45) is 0 Å². The molecule has 37 heteroatoms. The molecule has 0 aromatic heterocycles. The lowest BCUT2D eigenvalue weighted by atomic mass is 10.1. The van der Waals surface area contributed by atoms with Crippen molar-refractivity contribution in [1.29, 1.82) is 0 Å². The maximum Gasteiger partial charge on any atom is 0.343 e. The summed E-state index contributed by atoms with van der Waals surface area (Å²) in [5.74, 6) is -40.4. The van der Waals surface area contributed by atoms with Gasteiger partial charge in [0.05, 0.1) is 44.5 Å². The van der Waals surface area contributed by atoms with E-state index in [0.29, 0.717) is 97.1 Å². The minimum absolute atomic E-state index is 0.438. The monoisotopic (exact) mass is 1370 g/mol. The highest BCUT2D eigenvalue weighted by molar-refractivity contribution is 5.99. The lowest BCUT2D eigenvalue weighted by molar-refractivity contribution is -0.141. The highest BCUT2D eigenvalue weighted by atomic mass is 16.8. The van der Waals surface area contributed by atoms with Gasteiger partial charge in [0.2, 0.25) is 35.4 Å². The Balaban J connectivity index is 1.11. The first kappa shape index (κ1) is 67.9. The fourth-order valence-corrected chi connectivity index (χ4v) is 8.66. The second kappa shape index (κ2) is 26.6. The fraction of sp³-hybridized carbons (Fsp3) is 0.0820. The van der Waals surface area contributed by atoms with E-state index >= 15 is 0 Å². The van der Waals surface area contributed by atoms with E-state index < -0.39 is 261 Å². The average Bonchev–Trinajstić information content (AvgIpc) is 1.62. The van der Waals surface area contributed by atoms with Gasteiger partial charge in [-0.15, -0.1) is 0 Å². The third-order valence-electron chi connectivity index (χ3n) is 13.5. The first-order valence-corrected chi connectivity index (χ1v) is 26.7. The molecule has 8 aromatic carbocycles. The minimum atomic E-state index is -2.64. The molecule has 9 rings (SSSR count). The molecular weight excluding hydrogens is 1320 g/mol. The number of carbonyl (C=O) groups excluding carboxylic acids is 8. The molecule has 1 aliphatic rings. The number of aromatic hydroxyl groups is 20. The summed E-state index contributed by atoms with van der Waals surface area (Å²) in [4.78, 5) is 110. The number of ether oxygens (including phenoxy) is 9. The molecule has 1 saturated heterocycles. The Kier molecular flexibility index (Phi) is 18.4. The first-order chi connectivity index (χ1) is 46.1. The molecule has 8 aromatic rings. The molecule has 0 saturated carbocycles. The van der Waals surface area contributed by atoms with Crippen LogP contribution in [0.5, 0.6) is 138 Å². The van der Waals surface area contributed by atoms with Gasteiger partial charge in [-0.1, -0.05) is 0 Å². The molecule has 508 valence electrons. The Morgan fingerprint density at radius 2 is 0.459 bits per heavy atom. The van der Waals surface area contributed by atoms with E-state index in [4.69, 9.17) is 42.6 Å². The highest BCUT2D eigenvalue weighted by Gasteiger charge is 2.53. The van der Waals surface area contributed by atoms with Crippen LogP contribution in [0.2, 0.25) is 0 Å². The minimum Gasteiger partial charge on any atom is -0.504 e. The van der Waals surface area contributed by atoms with E-state index in [9.17, 15) is 140 Å². The standard InChI is InChI=1S/C61H42O37/c62-26-1-18(2-27(63)43(26)74)54(83)91-38-13-22(9-34(70)47(38)78)53(82)90-17-42-51(96-58(87)23-10-35(71)48(79)39(14-23)92-55(84)19-3-28(64)44(75)29(65)4-19)52(97-59(88)24-11-36(72)49(80)40(15-24)93-56(85)20-5-30(66)45(76)31(67)6-20)61(95-42)98-60(89)25-12-37(73)50(81)41(16-25)94-57(86)21-7-32(68)46(77)33(69)8-21/h1-16,42,51-52,61-81H,17H2/t42-,51-,52-,61-/m1/s1. The number of rotatable bonds is 17. The molecule has 0 bridgehead atoms. The summed E-state index contributed by atoms with van der Waals surface area (Å²) in [6.45, 7) is -1.37. The zero-order valence-electron chi connectivity index (χ0n) is 48.1. The van der Waals surface area contributed by atoms with E-state index in [-0.39, 0.29) is 0 Å². The highest BCUT2D eigenvalue weighted by Crippen LogP contribution is 2.46. The Bertz CT molecular complexity index is 4590. The molecule has 37 nitrogen and oxygen atoms in total. The van der Waals surface area contributed by atoms with Crippen LogP contribution in [0.4, 0.5) is 0 Å². The van der Waals surface area contributed by atoms with Gasteiger partial charge in [-0.2, -0.15) is 0 Å². The number of carbonyl (C=O) groups is 8. The van der Waals surface area contributed by atoms with Crippen molar-refractivity contribution in [1.82, 2.24) is 0 Å². The summed E-state index contributed by atoms with van der Waals surface area (Å²) in [7, 11) is 0. The van der Waals surface area contributed by atoms with Crippen molar-refractivity contribution in [2.75, 3.05) is 6.61 Å². The van der Waals surface area contributed by atoms with Gasteiger partial charge in [-0.05, 0) is 97.1 Å². The van der Waals surface area contributed by atoms with Crippen LogP contribution in [0.3, 0.4) is 0 Å². The van der Waals surface area contributed by atoms with Crippen LogP contribution in [0.15, 0.2) is 97.1 Å². The summed E-state index contributed by atoms with van der Waals surface area (Å²) in [5, 5.41) is 205. The molecule has 4 atom stereocenters. The summed E-state index contributed by atoms with van der Waals surface area (Å²) in [5.41, 5.74) is -6.62. The molecule has 1 heterocycles. The maximum atomic E-state index is 14.5. The van der Waals surface area contributed by atoms with E-state index in [1.807, 2.05) is 0 Å². The molecule has 0 amide bonds. The Morgan fingerprint density at radius 1 is 0.255 bits per heavy atom. The number of phenolic OH excluding ortho intramolecular Hbond substituents is 20. The second-order valence-corrected chi connectivity index (χ2v) is 20.2. The average molecular weight is 1370 g/mol. The number of benzene rings is 8. The van der Waals surface area contributed by atoms with Gasteiger partial charge in [0.15, 0.2) is 121 Å². The van der Waals surface area contributed by atoms with E-state index in [1.165, 1.54) is 0 Å². The topological polar surface area (TPSA) is 624 Å². The molecule has 1 aliphatic heterocycles. The molecule has 98 heavy (non-hydrogen) atoms. The third kappa shape index (κ3) is 14.0. The van der Waals surface area contributed by atoms with Gasteiger partial charge < -0.3 is 145 Å². The van der Waals surface area contributed by atoms with Crippen molar-refractivity contribution in [3.05, 3.63) is 142 Å². The Hall–Kier alpha value is -14.5. The number of esters is 8. The Morgan fingerprint density at radius 3 is 0.714 bits per heavy atom. The number of phenols is 20. The zero-order chi connectivity index (χ0) is 71.8. The van der Waals surface area contributed by atoms with Gasteiger partial charge in [-0.25, -0.2) is 38.4 Å². The quantitative estimate of drug-likeness (QED) is 0.0266. The zero-order valence-corrected chi connectivity index (χ0v) is 48.1. The van der Waals surface area contributed by atoms with Crippen molar-refractivity contribution < 1.29 is 183 Å². The van der Waals surface area contributed by atoms with Crippen LogP contribution in [0.1, 0.15) is 82.9 Å². The van der Waals surface area contributed by atoms with Crippen LogP contribution in [-0.4, -0.2) is 181 Å². The molecular formula is C61H42O37. The smallest absolute Gasteiger partial charge is 0.343 e. The summed E-state index contributed by atoms with van der Waals surface area (Å²) in [6, 6.07) is 8.51. The largest absolute Gasteiger partial charge is 0.504 e. The molecule has 0 unspecified atom stereocenters. The summed E-state index contributed by atoms with van der Waals surface area (Å²) in [6.07, 6.45) is -9.99. The molecule has 0 spiro atoms. The predicted molar refractivity (Wildman–Crippen MR) is 307 cm³/mol. The lowest BCUT2D eigenvalue weighted by Gasteiger charge is -2.24. The summed E-state index contributed by atoms with van der Waals surface area (Å²) < 4.78 is 48.4. The molecule has 0 radical (unpaired) electrons. The lowest BCUT2D eigenvalue weighted by Crippen LogP contribution is -2.43. The molecule has 0 aliphatic carbocycles. The number of hydrogen-bond donors (Lipinski definition) is 20. The van der Waals surface area contributed by atoms with Crippen molar-refractivity contribution in [3.8, 4) is 138 Å². The van der Waals surface area contributed by atoms with Crippen LogP contribution in [0.25, 0.3) is 0 Å². The van der Waals surface area contributed by atoms with E-state index in [0.717, 1.165) is 0 Å². The molecule has 20 N–H and O–H groups in total. The summed E-state index contributed by atoms with van der Waals surface area (Å²) >= 11 is 0. The van der Waals surface area contributed by atoms with E-state index in [1.54, 1.807) is 0 Å².